The molecule has 2 atom stereocenters. The molecule has 30 heavy (non-hydrogen) atoms. The van der Waals surface area contributed by atoms with Gasteiger partial charge in [-0.3, -0.25) is 9.59 Å². The Hall–Kier alpha value is -2.91. The first kappa shape index (κ1) is 21.8. The van der Waals surface area contributed by atoms with E-state index in [1.165, 1.54) is 18.2 Å². The van der Waals surface area contributed by atoms with Gasteiger partial charge >= 0.3 is 0 Å². The highest BCUT2D eigenvalue weighted by Crippen LogP contribution is 2.27. The summed E-state index contributed by atoms with van der Waals surface area (Å²) in [6.45, 7) is 0.177. The van der Waals surface area contributed by atoms with Crippen molar-refractivity contribution in [1.29, 1.82) is 0 Å². The summed E-state index contributed by atoms with van der Waals surface area (Å²) >= 11 is 0. The molecule has 0 aromatic heterocycles. The summed E-state index contributed by atoms with van der Waals surface area (Å²) in [5.41, 5.74) is 6.31. The van der Waals surface area contributed by atoms with Crippen molar-refractivity contribution in [2.24, 2.45) is 5.73 Å². The predicted molar refractivity (Wildman–Crippen MR) is 111 cm³/mol. The zero-order chi connectivity index (χ0) is 21.7. The number of nitrogens with two attached hydrogens (primary N) is 1. The molecule has 9 heteroatoms. The standard InChI is InChI=1S/C21H25N3O5S/c22-20(26)18(13-15-7-2-1-3-8-15)23-21(27)19-11-4-5-12-24(19)30(28,29)17-10-6-9-16(25)14-17/h1-3,6-10,14,18-19,25H,4-5,11-13H2,(H2,22,26)(H,23,27)/t18-,19?/m0/s1. The molecule has 0 aliphatic carbocycles. The van der Waals surface area contributed by atoms with Crippen LogP contribution in [0.1, 0.15) is 24.8 Å². The van der Waals surface area contributed by atoms with E-state index in [9.17, 15) is 23.1 Å². The number of phenols is 1. The van der Waals surface area contributed by atoms with E-state index >= 15 is 0 Å². The van der Waals surface area contributed by atoms with Gasteiger partial charge in [0.25, 0.3) is 0 Å². The molecule has 2 amide bonds. The maximum Gasteiger partial charge on any atom is 0.243 e. The predicted octanol–water partition coefficient (Wildman–Crippen LogP) is 1.15. The summed E-state index contributed by atoms with van der Waals surface area (Å²) in [7, 11) is -4.00. The average molecular weight is 432 g/mol. The Labute approximate surface area is 175 Å². The van der Waals surface area contributed by atoms with Crippen LogP contribution >= 0.6 is 0 Å². The molecule has 4 N–H and O–H groups in total. The minimum absolute atomic E-state index is 0.0852. The van der Waals surface area contributed by atoms with Crippen molar-refractivity contribution >= 4 is 21.8 Å². The van der Waals surface area contributed by atoms with Crippen molar-refractivity contribution in [3.63, 3.8) is 0 Å². The van der Waals surface area contributed by atoms with Crippen molar-refractivity contribution in [2.75, 3.05) is 6.54 Å². The molecule has 1 unspecified atom stereocenters. The van der Waals surface area contributed by atoms with Crippen LogP contribution in [0.4, 0.5) is 0 Å². The van der Waals surface area contributed by atoms with Crippen molar-refractivity contribution in [2.45, 2.75) is 42.7 Å². The van der Waals surface area contributed by atoms with Crippen molar-refractivity contribution in [3.05, 3.63) is 60.2 Å². The number of hydrogen-bond donors (Lipinski definition) is 3. The molecule has 1 aliphatic rings. The van der Waals surface area contributed by atoms with Crippen LogP contribution in [0.15, 0.2) is 59.5 Å². The first-order chi connectivity index (χ1) is 14.3. The summed E-state index contributed by atoms with van der Waals surface area (Å²) in [6, 6.07) is 12.6. The van der Waals surface area contributed by atoms with E-state index in [-0.39, 0.29) is 23.6 Å². The number of sulfonamides is 1. The fourth-order valence-electron chi connectivity index (χ4n) is 3.57. The van der Waals surface area contributed by atoms with Crippen LogP contribution in [0.2, 0.25) is 0 Å². The number of amides is 2. The molecule has 1 saturated heterocycles. The number of carbonyl (C=O) groups excluding carboxylic acids is 2. The van der Waals surface area contributed by atoms with E-state index < -0.39 is 33.9 Å². The molecule has 0 saturated carbocycles. The third-order valence-corrected chi connectivity index (χ3v) is 7.03. The molecule has 1 heterocycles. The summed E-state index contributed by atoms with van der Waals surface area (Å²) in [4.78, 5) is 24.8. The Morgan fingerprint density at radius 1 is 1.13 bits per heavy atom. The number of rotatable bonds is 7. The Balaban J connectivity index is 1.81. The van der Waals surface area contributed by atoms with Gasteiger partial charge in [0.2, 0.25) is 21.8 Å². The molecule has 2 aromatic carbocycles. The number of benzene rings is 2. The molecule has 0 spiro atoms. The quantitative estimate of drug-likeness (QED) is 0.605. The fourth-order valence-corrected chi connectivity index (χ4v) is 5.27. The monoisotopic (exact) mass is 431 g/mol. The van der Waals surface area contributed by atoms with Gasteiger partial charge in [0, 0.05) is 13.0 Å². The second-order valence-corrected chi connectivity index (χ2v) is 9.17. The number of hydrogen-bond acceptors (Lipinski definition) is 5. The molecule has 0 bridgehead atoms. The molecule has 3 rings (SSSR count). The van der Waals surface area contributed by atoms with Gasteiger partial charge in [0.15, 0.2) is 0 Å². The molecule has 1 fully saturated rings. The van der Waals surface area contributed by atoms with Crippen LogP contribution < -0.4 is 11.1 Å². The van der Waals surface area contributed by atoms with Crippen LogP contribution in [-0.4, -0.2) is 48.3 Å². The van der Waals surface area contributed by atoms with E-state index in [0.29, 0.717) is 19.3 Å². The maximum atomic E-state index is 13.1. The Kier molecular flexibility index (Phi) is 6.73. The lowest BCUT2D eigenvalue weighted by Crippen LogP contribution is -2.56. The number of phenolic OH excluding ortho intramolecular Hbond substituents is 1. The summed E-state index contributed by atoms with van der Waals surface area (Å²) in [5.74, 6) is -1.42. The van der Waals surface area contributed by atoms with Crippen molar-refractivity contribution in [3.8, 4) is 5.75 Å². The molecular weight excluding hydrogens is 406 g/mol. The number of aromatic hydroxyl groups is 1. The smallest absolute Gasteiger partial charge is 0.243 e. The molecular formula is C21H25N3O5S. The SMILES string of the molecule is NC(=O)[C@H](Cc1ccccc1)NC(=O)C1CCCCN1S(=O)(=O)c1cccc(O)c1. The average Bonchev–Trinajstić information content (AvgIpc) is 2.74. The van der Waals surface area contributed by atoms with Crippen LogP contribution in [-0.2, 0) is 26.0 Å². The lowest BCUT2D eigenvalue weighted by atomic mass is 10.0. The van der Waals surface area contributed by atoms with Crippen molar-refractivity contribution < 1.29 is 23.1 Å². The topological polar surface area (TPSA) is 130 Å². The Morgan fingerprint density at radius 3 is 2.53 bits per heavy atom. The second kappa shape index (κ2) is 9.27. The fraction of sp³-hybridized carbons (Fsp3) is 0.333. The molecule has 160 valence electrons. The lowest BCUT2D eigenvalue weighted by molar-refractivity contribution is -0.130. The van der Waals surface area contributed by atoms with E-state index in [1.807, 2.05) is 30.3 Å². The largest absolute Gasteiger partial charge is 0.508 e. The Bertz CT molecular complexity index is 1010. The number of primary amides is 1. The minimum Gasteiger partial charge on any atom is -0.508 e. The van der Waals surface area contributed by atoms with Gasteiger partial charge < -0.3 is 16.2 Å². The normalized spacial score (nSPS) is 18.5. The van der Waals surface area contributed by atoms with E-state index in [1.54, 1.807) is 0 Å². The zero-order valence-electron chi connectivity index (χ0n) is 16.4. The van der Waals surface area contributed by atoms with Crippen LogP contribution in [0, 0.1) is 0 Å². The van der Waals surface area contributed by atoms with Crippen LogP contribution in [0.3, 0.4) is 0 Å². The van der Waals surface area contributed by atoms with Gasteiger partial charge in [-0.2, -0.15) is 4.31 Å². The van der Waals surface area contributed by atoms with E-state index in [0.717, 1.165) is 15.9 Å². The van der Waals surface area contributed by atoms with E-state index in [4.69, 9.17) is 5.73 Å². The second-order valence-electron chi connectivity index (χ2n) is 7.28. The van der Waals surface area contributed by atoms with E-state index in [2.05, 4.69) is 5.32 Å². The molecule has 1 aliphatic heterocycles. The van der Waals surface area contributed by atoms with Gasteiger partial charge in [-0.25, -0.2) is 8.42 Å². The highest BCUT2D eigenvalue weighted by Gasteiger charge is 2.38. The summed E-state index contributed by atoms with van der Waals surface area (Å²) in [6.07, 6.45) is 1.85. The van der Waals surface area contributed by atoms with Crippen molar-refractivity contribution in [1.82, 2.24) is 9.62 Å². The number of nitrogens with one attached hydrogen (secondary N) is 1. The highest BCUT2D eigenvalue weighted by molar-refractivity contribution is 7.89. The first-order valence-electron chi connectivity index (χ1n) is 9.73. The molecule has 8 nitrogen and oxygen atoms in total. The first-order valence-corrected chi connectivity index (χ1v) is 11.2. The zero-order valence-corrected chi connectivity index (χ0v) is 17.2. The third kappa shape index (κ3) is 4.98. The maximum absolute atomic E-state index is 13.1. The third-order valence-electron chi connectivity index (χ3n) is 5.12. The minimum atomic E-state index is -4.00. The van der Waals surface area contributed by atoms with Gasteiger partial charge in [-0.05, 0) is 36.6 Å². The summed E-state index contributed by atoms with van der Waals surface area (Å²) in [5, 5.41) is 12.3. The number of carbonyl (C=O) groups is 2. The van der Waals surface area contributed by atoms with Gasteiger partial charge in [0.1, 0.15) is 17.8 Å². The highest BCUT2D eigenvalue weighted by atomic mass is 32.2. The van der Waals surface area contributed by atoms with Gasteiger partial charge in [-0.15, -0.1) is 0 Å². The van der Waals surface area contributed by atoms with Gasteiger partial charge in [-0.1, -0.05) is 42.8 Å². The lowest BCUT2D eigenvalue weighted by Gasteiger charge is -2.34. The summed E-state index contributed by atoms with van der Waals surface area (Å²) < 4.78 is 27.4. The van der Waals surface area contributed by atoms with Crippen LogP contribution in [0.5, 0.6) is 5.75 Å². The van der Waals surface area contributed by atoms with Gasteiger partial charge in [0.05, 0.1) is 4.90 Å². The van der Waals surface area contributed by atoms with Crippen LogP contribution in [0.25, 0.3) is 0 Å². The molecule has 0 radical (unpaired) electrons. The molecule has 2 aromatic rings. The number of piperidine rings is 1. The number of nitrogens with zero attached hydrogens (tertiary/aromatic N) is 1. The Morgan fingerprint density at radius 2 is 1.87 bits per heavy atom.